The zero-order chi connectivity index (χ0) is 16.7. The van der Waals surface area contributed by atoms with Crippen LogP contribution in [-0.4, -0.2) is 44.3 Å². The molecule has 118 valence electrons. The molecule has 0 fully saturated rings. The van der Waals surface area contributed by atoms with Gasteiger partial charge in [-0.1, -0.05) is 23.7 Å². The van der Waals surface area contributed by atoms with Crippen LogP contribution >= 0.6 is 11.8 Å². The SMILES string of the molecule is C#CCNC(=O)CSc1nnnn1-c1cccc(NC(C)=O)c1. The minimum atomic E-state index is -0.200. The minimum Gasteiger partial charge on any atom is -0.344 e. The van der Waals surface area contributed by atoms with Crippen LogP contribution in [0.1, 0.15) is 6.92 Å². The van der Waals surface area contributed by atoms with Crippen molar-refractivity contribution in [3.63, 3.8) is 0 Å². The summed E-state index contributed by atoms with van der Waals surface area (Å²) in [5, 5.41) is 17.1. The van der Waals surface area contributed by atoms with Crippen LogP contribution in [0.25, 0.3) is 5.69 Å². The first kappa shape index (κ1) is 16.5. The fourth-order valence-electron chi connectivity index (χ4n) is 1.68. The highest BCUT2D eigenvalue weighted by molar-refractivity contribution is 7.99. The number of thioether (sulfide) groups is 1. The number of tetrazole rings is 1. The van der Waals surface area contributed by atoms with Crippen LogP contribution in [0.5, 0.6) is 0 Å². The third-order valence-corrected chi connectivity index (χ3v) is 3.49. The van der Waals surface area contributed by atoms with Crippen LogP contribution in [0, 0.1) is 12.3 Å². The molecule has 0 unspecified atom stereocenters. The van der Waals surface area contributed by atoms with Gasteiger partial charge in [-0.2, -0.15) is 4.68 Å². The number of anilines is 1. The summed E-state index contributed by atoms with van der Waals surface area (Å²) < 4.78 is 1.49. The van der Waals surface area contributed by atoms with Gasteiger partial charge >= 0.3 is 0 Å². The molecule has 2 rings (SSSR count). The molecule has 9 heteroatoms. The highest BCUT2D eigenvalue weighted by Crippen LogP contribution is 2.20. The molecule has 0 aliphatic heterocycles. The molecule has 8 nitrogen and oxygen atoms in total. The number of hydrogen-bond acceptors (Lipinski definition) is 6. The molecule has 1 heterocycles. The number of carbonyl (C=O) groups is 2. The van der Waals surface area contributed by atoms with E-state index in [0.29, 0.717) is 16.5 Å². The molecule has 2 aromatic rings. The molecule has 0 atom stereocenters. The van der Waals surface area contributed by atoms with Crippen molar-refractivity contribution in [1.82, 2.24) is 25.5 Å². The Kier molecular flexibility index (Phi) is 5.71. The van der Waals surface area contributed by atoms with Gasteiger partial charge in [0.2, 0.25) is 17.0 Å². The van der Waals surface area contributed by atoms with E-state index in [0.717, 1.165) is 0 Å². The molecular weight excluding hydrogens is 316 g/mol. The van der Waals surface area contributed by atoms with Crippen LogP contribution in [-0.2, 0) is 9.59 Å². The molecule has 0 bridgehead atoms. The average Bonchev–Trinajstić information content (AvgIpc) is 2.99. The molecule has 0 aliphatic rings. The maximum Gasteiger partial charge on any atom is 0.231 e. The van der Waals surface area contributed by atoms with E-state index >= 15 is 0 Å². The predicted molar refractivity (Wildman–Crippen MR) is 86.0 cm³/mol. The zero-order valence-corrected chi connectivity index (χ0v) is 13.1. The molecule has 0 saturated carbocycles. The van der Waals surface area contributed by atoms with Gasteiger partial charge in [0, 0.05) is 12.6 Å². The van der Waals surface area contributed by atoms with Crippen molar-refractivity contribution in [1.29, 1.82) is 0 Å². The second-order valence-electron chi connectivity index (χ2n) is 4.37. The van der Waals surface area contributed by atoms with E-state index in [2.05, 4.69) is 32.1 Å². The number of benzene rings is 1. The van der Waals surface area contributed by atoms with Crippen molar-refractivity contribution < 1.29 is 9.59 Å². The number of terminal acetylenes is 1. The second kappa shape index (κ2) is 7.95. The summed E-state index contributed by atoms with van der Waals surface area (Å²) in [6.07, 6.45) is 5.08. The Morgan fingerprint density at radius 1 is 1.43 bits per heavy atom. The predicted octanol–water partition coefficient (Wildman–Crippen LogP) is 0.462. The Hall–Kier alpha value is -2.86. The van der Waals surface area contributed by atoms with Gasteiger partial charge < -0.3 is 10.6 Å². The number of carbonyl (C=O) groups excluding carboxylic acids is 2. The highest BCUT2D eigenvalue weighted by atomic mass is 32.2. The summed E-state index contributed by atoms with van der Waals surface area (Å²) in [4.78, 5) is 22.7. The van der Waals surface area contributed by atoms with E-state index in [1.165, 1.54) is 23.4 Å². The minimum absolute atomic E-state index is 0.146. The van der Waals surface area contributed by atoms with E-state index in [9.17, 15) is 9.59 Å². The number of rotatable bonds is 6. The number of amides is 2. The van der Waals surface area contributed by atoms with E-state index in [1.807, 2.05) is 0 Å². The van der Waals surface area contributed by atoms with Crippen molar-refractivity contribution in [2.45, 2.75) is 12.1 Å². The highest BCUT2D eigenvalue weighted by Gasteiger charge is 2.11. The standard InChI is InChI=1S/C14H14N6O2S/c1-3-7-15-13(22)9-23-14-17-18-19-20(14)12-6-4-5-11(8-12)16-10(2)21/h1,4-6,8H,7,9H2,2H3,(H,15,22)(H,16,21). The summed E-state index contributed by atoms with van der Waals surface area (Å²) in [5.41, 5.74) is 1.31. The molecule has 2 amide bonds. The van der Waals surface area contributed by atoms with Crippen molar-refractivity contribution in [2.75, 3.05) is 17.6 Å². The normalized spacial score (nSPS) is 9.91. The van der Waals surface area contributed by atoms with E-state index < -0.39 is 0 Å². The molecule has 0 saturated heterocycles. The summed E-state index contributed by atoms with van der Waals surface area (Å²) >= 11 is 1.19. The summed E-state index contributed by atoms with van der Waals surface area (Å²) in [5.74, 6) is 2.11. The lowest BCUT2D eigenvalue weighted by atomic mass is 10.3. The largest absolute Gasteiger partial charge is 0.344 e. The molecule has 0 radical (unpaired) electrons. The van der Waals surface area contributed by atoms with Crippen molar-refractivity contribution >= 4 is 29.3 Å². The monoisotopic (exact) mass is 330 g/mol. The Morgan fingerprint density at radius 2 is 2.26 bits per heavy atom. The van der Waals surface area contributed by atoms with Crippen LogP contribution in [0.2, 0.25) is 0 Å². The quantitative estimate of drug-likeness (QED) is 0.589. The van der Waals surface area contributed by atoms with Crippen LogP contribution in [0.4, 0.5) is 5.69 Å². The van der Waals surface area contributed by atoms with Crippen molar-refractivity contribution in [3.8, 4) is 18.0 Å². The van der Waals surface area contributed by atoms with Gasteiger partial charge in [0.25, 0.3) is 0 Å². The van der Waals surface area contributed by atoms with E-state index in [-0.39, 0.29) is 24.1 Å². The molecular formula is C14H14N6O2S. The number of aromatic nitrogens is 4. The van der Waals surface area contributed by atoms with Crippen LogP contribution < -0.4 is 10.6 Å². The van der Waals surface area contributed by atoms with E-state index in [4.69, 9.17) is 6.42 Å². The zero-order valence-electron chi connectivity index (χ0n) is 12.3. The van der Waals surface area contributed by atoms with Gasteiger partial charge in [-0.25, -0.2) is 0 Å². The maximum atomic E-state index is 11.6. The first-order valence-electron chi connectivity index (χ1n) is 6.59. The maximum absolute atomic E-state index is 11.6. The smallest absolute Gasteiger partial charge is 0.231 e. The molecule has 1 aromatic carbocycles. The molecule has 23 heavy (non-hydrogen) atoms. The van der Waals surface area contributed by atoms with Gasteiger partial charge in [-0.15, -0.1) is 11.5 Å². The molecule has 2 N–H and O–H groups in total. The Bertz CT molecular complexity index is 752. The average molecular weight is 330 g/mol. The van der Waals surface area contributed by atoms with Gasteiger partial charge in [0.1, 0.15) is 0 Å². The van der Waals surface area contributed by atoms with Crippen molar-refractivity contribution in [2.24, 2.45) is 0 Å². The third-order valence-electron chi connectivity index (χ3n) is 2.57. The summed E-state index contributed by atoms with van der Waals surface area (Å²) in [6, 6.07) is 7.07. The first-order chi connectivity index (χ1) is 11.1. The fraction of sp³-hybridized carbons (Fsp3) is 0.214. The Labute approximate surface area is 137 Å². The third kappa shape index (κ3) is 4.82. The summed E-state index contributed by atoms with van der Waals surface area (Å²) in [6.45, 7) is 1.61. The molecule has 0 spiro atoms. The van der Waals surface area contributed by atoms with Gasteiger partial charge in [-0.05, 0) is 28.6 Å². The van der Waals surface area contributed by atoms with E-state index in [1.54, 1.807) is 24.3 Å². The fourth-order valence-corrected chi connectivity index (χ4v) is 2.40. The van der Waals surface area contributed by atoms with Crippen LogP contribution in [0.15, 0.2) is 29.4 Å². The number of hydrogen-bond donors (Lipinski definition) is 2. The lowest BCUT2D eigenvalue weighted by Crippen LogP contribution is -2.25. The topological polar surface area (TPSA) is 102 Å². The van der Waals surface area contributed by atoms with Gasteiger partial charge in [0.15, 0.2) is 0 Å². The van der Waals surface area contributed by atoms with Gasteiger partial charge in [0.05, 0.1) is 18.0 Å². The van der Waals surface area contributed by atoms with Gasteiger partial charge in [-0.3, -0.25) is 9.59 Å². The lowest BCUT2D eigenvalue weighted by molar-refractivity contribution is -0.118. The molecule has 1 aromatic heterocycles. The van der Waals surface area contributed by atoms with Crippen molar-refractivity contribution in [3.05, 3.63) is 24.3 Å². The number of nitrogens with one attached hydrogen (secondary N) is 2. The second-order valence-corrected chi connectivity index (χ2v) is 5.32. The number of nitrogens with zero attached hydrogens (tertiary/aromatic N) is 4. The molecule has 0 aliphatic carbocycles. The summed E-state index contributed by atoms with van der Waals surface area (Å²) in [7, 11) is 0. The Morgan fingerprint density at radius 3 is 3.00 bits per heavy atom. The first-order valence-corrected chi connectivity index (χ1v) is 7.58. The Balaban J connectivity index is 2.10. The van der Waals surface area contributed by atoms with Crippen LogP contribution in [0.3, 0.4) is 0 Å². The lowest BCUT2D eigenvalue weighted by Gasteiger charge is -2.07.